The largest absolute Gasteiger partial charge is 0.345 e. The van der Waals surface area contributed by atoms with Crippen molar-refractivity contribution in [2.45, 2.75) is 32.0 Å². The summed E-state index contributed by atoms with van der Waals surface area (Å²) in [6.45, 7) is 0.236. The van der Waals surface area contributed by atoms with E-state index in [0.29, 0.717) is 21.7 Å². The first-order valence-electron chi connectivity index (χ1n) is 9.68. The number of benzene rings is 2. The molecule has 0 radical (unpaired) electrons. The molecule has 1 fully saturated rings. The van der Waals surface area contributed by atoms with Crippen LogP contribution >= 0.6 is 11.6 Å². The first kappa shape index (κ1) is 20.7. The number of halogens is 1. The number of fused-ring (bicyclic) bond motifs is 1. The molecule has 2 heterocycles. The van der Waals surface area contributed by atoms with Gasteiger partial charge in [-0.15, -0.1) is 0 Å². The van der Waals surface area contributed by atoms with Gasteiger partial charge in [0.25, 0.3) is 11.8 Å². The molecule has 158 valence electrons. The Hall–Kier alpha value is -3.52. The molecule has 2 aliphatic rings. The van der Waals surface area contributed by atoms with Gasteiger partial charge in [-0.25, -0.2) is 0 Å². The predicted octanol–water partition coefficient (Wildman–Crippen LogP) is 1.60. The van der Waals surface area contributed by atoms with Crippen molar-refractivity contribution < 1.29 is 24.0 Å². The monoisotopic (exact) mass is 439 g/mol. The summed E-state index contributed by atoms with van der Waals surface area (Å²) in [6, 6.07) is 10.5. The molecule has 2 aliphatic heterocycles. The van der Waals surface area contributed by atoms with Gasteiger partial charge >= 0.3 is 0 Å². The van der Waals surface area contributed by atoms with Gasteiger partial charge in [0.05, 0.1) is 0 Å². The minimum atomic E-state index is -0.786. The highest BCUT2D eigenvalue weighted by atomic mass is 35.5. The molecule has 8 nitrogen and oxygen atoms in total. The summed E-state index contributed by atoms with van der Waals surface area (Å²) in [5.41, 5.74) is 1.99. The highest BCUT2D eigenvalue weighted by molar-refractivity contribution is 6.43. The van der Waals surface area contributed by atoms with Gasteiger partial charge in [-0.2, -0.15) is 0 Å². The van der Waals surface area contributed by atoms with Gasteiger partial charge in [0.1, 0.15) is 6.04 Å². The molecular weight excluding hydrogens is 422 g/mol. The lowest BCUT2D eigenvalue weighted by atomic mass is 10.0. The lowest BCUT2D eigenvalue weighted by Gasteiger charge is -2.29. The van der Waals surface area contributed by atoms with Crippen LogP contribution in [0.2, 0.25) is 5.02 Å². The van der Waals surface area contributed by atoms with Crippen molar-refractivity contribution in [2.75, 3.05) is 0 Å². The van der Waals surface area contributed by atoms with Crippen molar-refractivity contribution in [3.63, 3.8) is 0 Å². The van der Waals surface area contributed by atoms with Gasteiger partial charge in [0.2, 0.25) is 17.6 Å². The third kappa shape index (κ3) is 4.06. The number of imide groups is 1. The number of piperidine rings is 1. The highest BCUT2D eigenvalue weighted by Crippen LogP contribution is 2.29. The molecule has 1 unspecified atom stereocenters. The molecule has 0 bridgehead atoms. The van der Waals surface area contributed by atoms with Crippen LogP contribution < -0.4 is 10.6 Å². The van der Waals surface area contributed by atoms with Crippen LogP contribution in [-0.2, 0) is 27.5 Å². The summed E-state index contributed by atoms with van der Waals surface area (Å²) in [5, 5.41) is 5.20. The van der Waals surface area contributed by atoms with Gasteiger partial charge in [-0.3, -0.25) is 29.3 Å². The number of rotatable bonds is 5. The van der Waals surface area contributed by atoms with Gasteiger partial charge in [0.15, 0.2) is 0 Å². The lowest BCUT2D eigenvalue weighted by Crippen LogP contribution is -2.52. The number of Topliss-reactive ketones (excluding diaryl/α,β-unsaturated/α-hetero) is 1. The normalized spacial score (nSPS) is 17.9. The summed E-state index contributed by atoms with van der Waals surface area (Å²) in [5.74, 6) is -2.63. The Bertz CT molecular complexity index is 1130. The standard InChI is InChI=1S/C22H18ClN3O5/c23-14-5-1-3-12(9-14)19(28)21(30)24-10-13-4-2-6-15-16(13)11-26(22(15)31)17-7-8-18(27)25-20(17)29/h1-6,9,17H,7-8,10-11H2,(H,24,30)(H,25,27,29). The van der Waals surface area contributed by atoms with E-state index in [-0.39, 0.29) is 43.3 Å². The first-order chi connectivity index (χ1) is 14.8. The van der Waals surface area contributed by atoms with E-state index in [2.05, 4.69) is 10.6 Å². The summed E-state index contributed by atoms with van der Waals surface area (Å²) < 4.78 is 0. The predicted molar refractivity (Wildman–Crippen MR) is 110 cm³/mol. The zero-order valence-electron chi connectivity index (χ0n) is 16.3. The van der Waals surface area contributed by atoms with E-state index in [9.17, 15) is 24.0 Å². The Morgan fingerprint density at radius 2 is 1.90 bits per heavy atom. The Labute approximate surface area is 182 Å². The summed E-state index contributed by atoms with van der Waals surface area (Å²) in [4.78, 5) is 62.5. The van der Waals surface area contributed by atoms with Gasteiger partial charge < -0.3 is 10.2 Å². The average Bonchev–Trinajstić information content (AvgIpc) is 3.08. The highest BCUT2D eigenvalue weighted by Gasteiger charge is 2.39. The van der Waals surface area contributed by atoms with E-state index >= 15 is 0 Å². The van der Waals surface area contributed by atoms with Gasteiger partial charge in [0, 0.05) is 35.7 Å². The summed E-state index contributed by atoms with van der Waals surface area (Å²) in [6.07, 6.45) is 0.440. The minimum absolute atomic E-state index is 0.0464. The molecule has 4 rings (SSSR count). The fourth-order valence-electron chi connectivity index (χ4n) is 3.83. The van der Waals surface area contributed by atoms with Gasteiger partial charge in [-0.1, -0.05) is 35.9 Å². The second-order valence-corrected chi connectivity index (χ2v) is 7.80. The molecule has 0 spiro atoms. The first-order valence-corrected chi connectivity index (χ1v) is 10.1. The summed E-state index contributed by atoms with van der Waals surface area (Å²) in [7, 11) is 0. The zero-order valence-corrected chi connectivity index (χ0v) is 17.1. The van der Waals surface area contributed by atoms with Crippen molar-refractivity contribution in [3.05, 3.63) is 69.7 Å². The lowest BCUT2D eigenvalue weighted by molar-refractivity contribution is -0.136. The summed E-state index contributed by atoms with van der Waals surface area (Å²) >= 11 is 5.87. The third-order valence-corrected chi connectivity index (χ3v) is 5.65. The van der Waals surface area contributed by atoms with Gasteiger partial charge in [-0.05, 0) is 35.7 Å². The molecule has 4 amide bonds. The molecule has 0 saturated carbocycles. The number of carbonyl (C=O) groups is 5. The Kier molecular flexibility index (Phi) is 5.56. The number of nitrogens with one attached hydrogen (secondary N) is 2. The van der Waals surface area contributed by atoms with Crippen LogP contribution in [0.1, 0.15) is 44.7 Å². The van der Waals surface area contributed by atoms with E-state index in [4.69, 9.17) is 11.6 Å². The number of carbonyl (C=O) groups excluding carboxylic acids is 5. The zero-order chi connectivity index (χ0) is 22.1. The fourth-order valence-corrected chi connectivity index (χ4v) is 4.02. The molecule has 1 saturated heterocycles. The van der Waals surface area contributed by atoms with E-state index in [1.807, 2.05) is 0 Å². The molecule has 0 aromatic heterocycles. The maximum absolute atomic E-state index is 12.8. The van der Waals surface area contributed by atoms with Crippen LogP contribution in [0.5, 0.6) is 0 Å². The molecule has 9 heteroatoms. The second-order valence-electron chi connectivity index (χ2n) is 7.37. The molecule has 1 atom stereocenters. The number of nitrogens with zero attached hydrogens (tertiary/aromatic N) is 1. The maximum atomic E-state index is 12.8. The van der Waals surface area contributed by atoms with E-state index in [1.54, 1.807) is 30.3 Å². The molecule has 2 aromatic rings. The molecule has 2 aromatic carbocycles. The number of hydrogen-bond donors (Lipinski definition) is 2. The maximum Gasteiger partial charge on any atom is 0.292 e. The number of amides is 4. The minimum Gasteiger partial charge on any atom is -0.345 e. The Balaban J connectivity index is 1.47. The fraction of sp³-hybridized carbons (Fsp3) is 0.227. The molecule has 31 heavy (non-hydrogen) atoms. The van der Waals surface area contributed by atoms with Crippen molar-refractivity contribution >= 4 is 41.0 Å². The third-order valence-electron chi connectivity index (χ3n) is 5.41. The Morgan fingerprint density at radius 1 is 1.13 bits per heavy atom. The molecule has 2 N–H and O–H groups in total. The van der Waals surface area contributed by atoms with Crippen LogP contribution in [0.4, 0.5) is 0 Å². The van der Waals surface area contributed by atoms with Crippen molar-refractivity contribution in [1.82, 2.24) is 15.5 Å². The quantitative estimate of drug-likeness (QED) is 0.417. The number of hydrogen-bond acceptors (Lipinski definition) is 5. The van der Waals surface area contributed by atoms with Crippen LogP contribution in [0.25, 0.3) is 0 Å². The van der Waals surface area contributed by atoms with E-state index < -0.39 is 23.6 Å². The smallest absolute Gasteiger partial charge is 0.292 e. The molecular formula is C22H18ClN3O5. The van der Waals surface area contributed by atoms with Crippen LogP contribution in [0, 0.1) is 0 Å². The van der Waals surface area contributed by atoms with Crippen molar-refractivity contribution in [3.8, 4) is 0 Å². The van der Waals surface area contributed by atoms with Crippen LogP contribution in [-0.4, -0.2) is 40.4 Å². The molecule has 0 aliphatic carbocycles. The topological polar surface area (TPSA) is 113 Å². The van der Waals surface area contributed by atoms with E-state index in [0.717, 1.165) is 0 Å². The average molecular weight is 440 g/mol. The SMILES string of the molecule is O=C1CCC(N2Cc3c(CNC(=O)C(=O)c4cccc(Cl)c4)cccc3C2=O)C(=O)N1. The van der Waals surface area contributed by atoms with Crippen molar-refractivity contribution in [1.29, 1.82) is 0 Å². The second kappa shape index (κ2) is 8.31. The Morgan fingerprint density at radius 3 is 2.65 bits per heavy atom. The van der Waals surface area contributed by atoms with Crippen LogP contribution in [0.3, 0.4) is 0 Å². The number of ketones is 1. The van der Waals surface area contributed by atoms with Crippen molar-refractivity contribution in [2.24, 2.45) is 0 Å². The van der Waals surface area contributed by atoms with Crippen LogP contribution in [0.15, 0.2) is 42.5 Å². The van der Waals surface area contributed by atoms with E-state index in [1.165, 1.54) is 17.0 Å².